The molecule has 16 heavy (non-hydrogen) atoms. The third-order valence-corrected chi connectivity index (χ3v) is 2.16. The van der Waals surface area contributed by atoms with Crippen LogP contribution in [0.15, 0.2) is 18.5 Å². The van der Waals surface area contributed by atoms with Crippen LogP contribution in [0.4, 0.5) is 13.2 Å². The molecule has 1 atom stereocenters. The average molecular weight is 234 g/mol. The molecule has 0 saturated heterocycles. The highest BCUT2D eigenvalue weighted by atomic mass is 19.4. The summed E-state index contributed by atoms with van der Waals surface area (Å²) in [6, 6.07) is 0.738. The largest absolute Gasteiger partial charge is 0.495 e. The number of hydrogen-bond acceptors (Lipinski definition) is 3. The fourth-order valence-corrected chi connectivity index (χ4v) is 1.36. The van der Waals surface area contributed by atoms with Crippen LogP contribution in [0.5, 0.6) is 5.75 Å². The molecule has 0 fully saturated rings. The van der Waals surface area contributed by atoms with Crippen molar-refractivity contribution < 1.29 is 17.9 Å². The van der Waals surface area contributed by atoms with E-state index in [4.69, 9.17) is 4.74 Å². The number of aromatic nitrogens is 1. The molecular formula is C10H13F3N2O. The minimum atomic E-state index is -4.21. The Balaban J connectivity index is 2.86. The van der Waals surface area contributed by atoms with Crippen molar-refractivity contribution in [1.82, 2.24) is 10.3 Å². The van der Waals surface area contributed by atoms with Crippen LogP contribution >= 0.6 is 0 Å². The Morgan fingerprint density at radius 3 is 2.62 bits per heavy atom. The van der Waals surface area contributed by atoms with Crippen molar-refractivity contribution in [3.8, 4) is 5.75 Å². The van der Waals surface area contributed by atoms with Gasteiger partial charge in [0, 0.05) is 12.2 Å². The highest BCUT2D eigenvalue weighted by Crippen LogP contribution is 2.29. The minimum Gasteiger partial charge on any atom is -0.495 e. The fourth-order valence-electron chi connectivity index (χ4n) is 1.36. The van der Waals surface area contributed by atoms with Crippen LogP contribution in [-0.4, -0.2) is 25.3 Å². The average Bonchev–Trinajstić information content (AvgIpc) is 2.25. The third-order valence-electron chi connectivity index (χ3n) is 2.16. The molecule has 1 aromatic rings. The van der Waals surface area contributed by atoms with Gasteiger partial charge >= 0.3 is 6.18 Å². The molecule has 90 valence electrons. The minimum absolute atomic E-state index is 0.444. The lowest BCUT2D eigenvalue weighted by atomic mass is 10.1. The summed E-state index contributed by atoms with van der Waals surface area (Å²) in [5, 5.41) is 2.61. The number of nitrogens with one attached hydrogen (secondary N) is 1. The van der Waals surface area contributed by atoms with Crippen molar-refractivity contribution in [3.05, 3.63) is 24.0 Å². The topological polar surface area (TPSA) is 34.2 Å². The quantitative estimate of drug-likeness (QED) is 0.868. The zero-order valence-corrected chi connectivity index (χ0v) is 9.01. The summed E-state index contributed by atoms with van der Waals surface area (Å²) >= 11 is 0. The first-order valence-electron chi connectivity index (χ1n) is 4.69. The molecule has 0 aliphatic heterocycles. The van der Waals surface area contributed by atoms with E-state index in [0.29, 0.717) is 11.3 Å². The summed E-state index contributed by atoms with van der Waals surface area (Å²) in [6.45, 7) is 0. The van der Waals surface area contributed by atoms with Gasteiger partial charge in [0.05, 0.1) is 19.7 Å². The summed E-state index contributed by atoms with van der Waals surface area (Å²) in [5.41, 5.74) is 0.458. The summed E-state index contributed by atoms with van der Waals surface area (Å²) in [7, 11) is 2.93. The van der Waals surface area contributed by atoms with Gasteiger partial charge in [-0.2, -0.15) is 13.2 Å². The van der Waals surface area contributed by atoms with Crippen LogP contribution in [0.25, 0.3) is 0 Å². The van der Waals surface area contributed by atoms with Gasteiger partial charge in [-0.1, -0.05) is 0 Å². The highest BCUT2D eigenvalue weighted by Gasteiger charge is 2.32. The second-order valence-corrected chi connectivity index (χ2v) is 3.32. The number of halogens is 3. The molecule has 6 heteroatoms. The van der Waals surface area contributed by atoms with E-state index in [2.05, 4.69) is 10.3 Å². The van der Waals surface area contributed by atoms with Gasteiger partial charge in [0.15, 0.2) is 0 Å². The molecule has 0 radical (unpaired) electrons. The van der Waals surface area contributed by atoms with Gasteiger partial charge in [-0.3, -0.25) is 4.98 Å². The molecule has 1 heterocycles. The van der Waals surface area contributed by atoms with Gasteiger partial charge in [-0.25, -0.2) is 0 Å². The molecule has 0 aliphatic rings. The molecule has 3 nitrogen and oxygen atoms in total. The molecule has 1 N–H and O–H groups in total. The summed E-state index contributed by atoms with van der Waals surface area (Å²) in [6.07, 6.45) is -2.30. The van der Waals surface area contributed by atoms with Crippen molar-refractivity contribution >= 4 is 0 Å². The van der Waals surface area contributed by atoms with E-state index in [0.717, 1.165) is 0 Å². The maximum Gasteiger partial charge on any atom is 0.390 e. The van der Waals surface area contributed by atoms with Crippen LogP contribution < -0.4 is 10.1 Å². The Bertz CT molecular complexity index is 341. The Morgan fingerprint density at radius 1 is 1.44 bits per heavy atom. The number of ether oxygens (including phenoxy) is 1. The Labute approximate surface area is 91.6 Å². The van der Waals surface area contributed by atoms with E-state index in [9.17, 15) is 13.2 Å². The lowest BCUT2D eigenvalue weighted by Gasteiger charge is -2.18. The van der Waals surface area contributed by atoms with Gasteiger partial charge in [0.25, 0.3) is 0 Å². The lowest BCUT2D eigenvalue weighted by Crippen LogP contribution is -2.23. The van der Waals surface area contributed by atoms with Crippen molar-refractivity contribution in [3.63, 3.8) is 0 Å². The zero-order chi connectivity index (χ0) is 12.2. The molecule has 0 aromatic carbocycles. The number of alkyl halides is 3. The SMILES string of the molecule is CNC(CC(F)(F)F)c1cncc(OC)c1. The summed E-state index contributed by atoms with van der Waals surface area (Å²) in [4.78, 5) is 3.82. The monoisotopic (exact) mass is 234 g/mol. The number of rotatable bonds is 4. The van der Waals surface area contributed by atoms with Gasteiger partial charge in [0.1, 0.15) is 5.75 Å². The third kappa shape index (κ3) is 3.69. The second kappa shape index (κ2) is 5.16. The van der Waals surface area contributed by atoms with Crippen LogP contribution in [-0.2, 0) is 0 Å². The van der Waals surface area contributed by atoms with Crippen molar-refractivity contribution in [2.45, 2.75) is 18.6 Å². The van der Waals surface area contributed by atoms with Gasteiger partial charge in [0.2, 0.25) is 0 Å². The van der Waals surface area contributed by atoms with E-state index in [1.807, 2.05) is 0 Å². The van der Waals surface area contributed by atoms with Gasteiger partial charge in [-0.15, -0.1) is 0 Å². The van der Waals surface area contributed by atoms with E-state index in [1.54, 1.807) is 6.07 Å². The Hall–Kier alpha value is -1.30. The number of pyridine rings is 1. The lowest BCUT2D eigenvalue weighted by molar-refractivity contribution is -0.140. The number of hydrogen-bond donors (Lipinski definition) is 1. The molecule has 0 saturated carbocycles. The zero-order valence-electron chi connectivity index (χ0n) is 9.01. The molecule has 0 aliphatic carbocycles. The molecule has 1 unspecified atom stereocenters. The number of methoxy groups -OCH3 is 1. The predicted molar refractivity (Wildman–Crippen MR) is 53.3 cm³/mol. The van der Waals surface area contributed by atoms with Crippen molar-refractivity contribution in [1.29, 1.82) is 0 Å². The van der Waals surface area contributed by atoms with Crippen molar-refractivity contribution in [2.24, 2.45) is 0 Å². The van der Waals surface area contributed by atoms with Crippen molar-refractivity contribution in [2.75, 3.05) is 14.2 Å². The van der Waals surface area contributed by atoms with E-state index >= 15 is 0 Å². The normalized spacial score (nSPS) is 13.6. The van der Waals surface area contributed by atoms with Gasteiger partial charge < -0.3 is 10.1 Å². The molecular weight excluding hydrogens is 221 g/mol. The predicted octanol–water partition coefficient (Wildman–Crippen LogP) is 2.30. The maximum atomic E-state index is 12.3. The van der Waals surface area contributed by atoms with Crippen LogP contribution in [0, 0.1) is 0 Å². The Kier molecular flexibility index (Phi) is 4.12. The first-order chi connectivity index (χ1) is 7.46. The first kappa shape index (κ1) is 12.8. The van der Waals surface area contributed by atoms with E-state index < -0.39 is 18.6 Å². The molecule has 0 bridgehead atoms. The molecule has 0 amide bonds. The van der Waals surface area contributed by atoms with Gasteiger partial charge in [-0.05, 0) is 18.7 Å². The van der Waals surface area contributed by atoms with E-state index in [1.165, 1.54) is 26.6 Å². The standard InChI is InChI=1S/C10H13F3N2O/c1-14-9(4-10(11,12)13)7-3-8(16-2)6-15-5-7/h3,5-6,9,14H,4H2,1-2H3. The van der Waals surface area contributed by atoms with E-state index in [-0.39, 0.29) is 0 Å². The molecule has 0 spiro atoms. The first-order valence-corrected chi connectivity index (χ1v) is 4.69. The maximum absolute atomic E-state index is 12.3. The Morgan fingerprint density at radius 2 is 2.12 bits per heavy atom. The second-order valence-electron chi connectivity index (χ2n) is 3.32. The fraction of sp³-hybridized carbons (Fsp3) is 0.500. The summed E-state index contributed by atoms with van der Waals surface area (Å²) in [5.74, 6) is 0.444. The van der Waals surface area contributed by atoms with Crippen LogP contribution in [0.2, 0.25) is 0 Å². The smallest absolute Gasteiger partial charge is 0.390 e. The van der Waals surface area contributed by atoms with Crippen LogP contribution in [0.1, 0.15) is 18.0 Å². The molecule has 1 aromatic heterocycles. The highest BCUT2D eigenvalue weighted by molar-refractivity contribution is 5.26. The van der Waals surface area contributed by atoms with Crippen LogP contribution in [0.3, 0.4) is 0 Å². The number of nitrogens with zero attached hydrogens (tertiary/aromatic N) is 1. The molecule has 1 rings (SSSR count). The summed E-state index contributed by atoms with van der Waals surface area (Å²) < 4.78 is 41.7.